The number of amides is 1. The molecule has 0 aliphatic carbocycles. The molecular formula is C12H14FNO3. The second kappa shape index (κ2) is 4.43. The monoisotopic (exact) mass is 239 g/mol. The van der Waals surface area contributed by atoms with E-state index < -0.39 is 12.2 Å². The first-order valence-electron chi connectivity index (χ1n) is 5.40. The molecule has 0 bridgehead atoms. The number of aryl methyl sites for hydroxylation is 1. The zero-order valence-electron chi connectivity index (χ0n) is 9.43. The second-order valence-corrected chi connectivity index (χ2v) is 4.30. The molecule has 1 heterocycles. The fourth-order valence-electron chi connectivity index (χ4n) is 1.97. The summed E-state index contributed by atoms with van der Waals surface area (Å²) in [5.41, 5.74) is 0.943. The molecule has 1 aliphatic heterocycles. The van der Waals surface area contributed by atoms with Crippen LogP contribution in [-0.2, 0) is 0 Å². The molecule has 0 saturated carbocycles. The van der Waals surface area contributed by atoms with Crippen LogP contribution in [-0.4, -0.2) is 46.3 Å². The molecule has 2 atom stereocenters. The maximum atomic E-state index is 12.9. The van der Waals surface area contributed by atoms with Crippen LogP contribution in [0.3, 0.4) is 0 Å². The minimum atomic E-state index is -0.903. The normalized spacial score (nSPS) is 24.1. The molecule has 1 saturated heterocycles. The Morgan fingerprint density at radius 1 is 1.35 bits per heavy atom. The number of aliphatic hydroxyl groups is 2. The van der Waals surface area contributed by atoms with Crippen LogP contribution in [0.1, 0.15) is 15.9 Å². The lowest BCUT2D eigenvalue weighted by Gasteiger charge is -2.16. The first kappa shape index (κ1) is 12.0. The van der Waals surface area contributed by atoms with Crippen molar-refractivity contribution in [3.63, 3.8) is 0 Å². The Balaban J connectivity index is 2.20. The van der Waals surface area contributed by atoms with Gasteiger partial charge in [0.15, 0.2) is 0 Å². The summed E-state index contributed by atoms with van der Waals surface area (Å²) in [5, 5.41) is 18.7. The Bertz CT molecular complexity index is 439. The van der Waals surface area contributed by atoms with Crippen LogP contribution in [0.5, 0.6) is 0 Å². The van der Waals surface area contributed by atoms with Crippen LogP contribution in [0.15, 0.2) is 18.2 Å². The van der Waals surface area contributed by atoms with Crippen LogP contribution in [0.2, 0.25) is 0 Å². The number of carbonyl (C=O) groups is 1. The molecule has 2 N–H and O–H groups in total. The lowest BCUT2D eigenvalue weighted by molar-refractivity contribution is 0.0572. The molecule has 5 heteroatoms. The molecule has 1 aromatic carbocycles. The van der Waals surface area contributed by atoms with E-state index in [0.29, 0.717) is 11.1 Å². The number of hydrogen-bond acceptors (Lipinski definition) is 3. The highest BCUT2D eigenvalue weighted by Gasteiger charge is 2.33. The van der Waals surface area contributed by atoms with E-state index in [4.69, 9.17) is 0 Å². The van der Waals surface area contributed by atoms with Gasteiger partial charge in [0.2, 0.25) is 0 Å². The van der Waals surface area contributed by atoms with E-state index >= 15 is 0 Å². The summed E-state index contributed by atoms with van der Waals surface area (Å²) in [6.45, 7) is 1.87. The van der Waals surface area contributed by atoms with Crippen LogP contribution in [0.4, 0.5) is 4.39 Å². The Morgan fingerprint density at radius 3 is 2.47 bits per heavy atom. The maximum Gasteiger partial charge on any atom is 0.254 e. The van der Waals surface area contributed by atoms with Crippen molar-refractivity contribution >= 4 is 5.91 Å². The van der Waals surface area contributed by atoms with Gasteiger partial charge in [-0.2, -0.15) is 0 Å². The van der Waals surface area contributed by atoms with Crippen molar-refractivity contribution in [3.8, 4) is 0 Å². The van der Waals surface area contributed by atoms with Gasteiger partial charge in [-0.1, -0.05) is 0 Å². The summed E-state index contributed by atoms with van der Waals surface area (Å²) < 4.78 is 12.9. The third-order valence-electron chi connectivity index (χ3n) is 2.97. The number of carbonyl (C=O) groups excluding carboxylic acids is 1. The highest BCUT2D eigenvalue weighted by molar-refractivity contribution is 5.95. The molecule has 4 nitrogen and oxygen atoms in total. The van der Waals surface area contributed by atoms with Gasteiger partial charge in [-0.3, -0.25) is 4.79 Å². The molecule has 0 unspecified atom stereocenters. The van der Waals surface area contributed by atoms with Crippen LogP contribution < -0.4 is 0 Å². The third kappa shape index (κ3) is 2.30. The molecule has 0 radical (unpaired) electrons. The van der Waals surface area contributed by atoms with E-state index in [1.807, 2.05) is 0 Å². The number of halogens is 1. The number of β-amino-alcohol motifs (C(OH)–C–C–N with tert-alkyl or cyclic N) is 2. The summed E-state index contributed by atoms with van der Waals surface area (Å²) in [6.07, 6.45) is -1.81. The topological polar surface area (TPSA) is 60.8 Å². The summed E-state index contributed by atoms with van der Waals surface area (Å²) in [4.78, 5) is 13.4. The van der Waals surface area contributed by atoms with Crippen molar-refractivity contribution in [2.24, 2.45) is 0 Å². The van der Waals surface area contributed by atoms with E-state index in [2.05, 4.69) is 0 Å². The molecule has 17 heavy (non-hydrogen) atoms. The quantitative estimate of drug-likeness (QED) is 0.741. The van der Waals surface area contributed by atoms with Crippen LogP contribution >= 0.6 is 0 Å². The second-order valence-electron chi connectivity index (χ2n) is 4.30. The minimum absolute atomic E-state index is 0.108. The predicted molar refractivity (Wildman–Crippen MR) is 59.1 cm³/mol. The van der Waals surface area contributed by atoms with E-state index in [0.717, 1.165) is 0 Å². The van der Waals surface area contributed by atoms with Gasteiger partial charge in [0.1, 0.15) is 5.82 Å². The SMILES string of the molecule is Cc1cc(F)ccc1C(=O)N1C[C@@H](O)[C@@H](O)C1. The highest BCUT2D eigenvalue weighted by atomic mass is 19.1. The number of nitrogens with zero attached hydrogens (tertiary/aromatic N) is 1. The lowest BCUT2D eigenvalue weighted by atomic mass is 10.1. The van der Waals surface area contributed by atoms with Gasteiger partial charge < -0.3 is 15.1 Å². The fraction of sp³-hybridized carbons (Fsp3) is 0.417. The Kier molecular flexibility index (Phi) is 3.13. The highest BCUT2D eigenvalue weighted by Crippen LogP contribution is 2.17. The summed E-state index contributed by atoms with van der Waals surface area (Å²) in [6, 6.07) is 3.93. The lowest BCUT2D eigenvalue weighted by Crippen LogP contribution is -2.30. The summed E-state index contributed by atoms with van der Waals surface area (Å²) >= 11 is 0. The first-order chi connectivity index (χ1) is 7.99. The largest absolute Gasteiger partial charge is 0.388 e. The van der Waals surface area contributed by atoms with E-state index in [1.54, 1.807) is 6.92 Å². The van der Waals surface area contributed by atoms with Crippen molar-refractivity contribution in [2.75, 3.05) is 13.1 Å². The molecule has 1 fully saturated rings. The van der Waals surface area contributed by atoms with Crippen LogP contribution in [0.25, 0.3) is 0 Å². The van der Waals surface area contributed by atoms with Crippen molar-refractivity contribution < 1.29 is 19.4 Å². The number of likely N-dealkylation sites (tertiary alicyclic amines) is 1. The zero-order valence-corrected chi connectivity index (χ0v) is 9.43. The molecule has 1 aromatic rings. The number of hydrogen-bond donors (Lipinski definition) is 2. The van der Waals surface area contributed by atoms with Gasteiger partial charge in [-0.15, -0.1) is 0 Å². The standard InChI is InChI=1S/C12H14FNO3/c1-7-4-8(13)2-3-9(7)12(17)14-5-10(15)11(16)6-14/h2-4,10-11,15-16H,5-6H2,1H3/t10-,11+. The Labute approximate surface area is 98.3 Å². The Hall–Kier alpha value is -1.46. The molecule has 0 aromatic heterocycles. The molecule has 1 amide bonds. The molecule has 92 valence electrons. The minimum Gasteiger partial charge on any atom is -0.388 e. The van der Waals surface area contributed by atoms with E-state index in [-0.39, 0.29) is 24.8 Å². The molecular weight excluding hydrogens is 225 g/mol. The zero-order chi connectivity index (χ0) is 12.6. The number of aliphatic hydroxyl groups excluding tert-OH is 2. The van der Waals surface area contributed by atoms with Gasteiger partial charge in [-0.05, 0) is 30.7 Å². The van der Waals surface area contributed by atoms with Crippen LogP contribution in [0, 0.1) is 12.7 Å². The van der Waals surface area contributed by atoms with Crippen molar-refractivity contribution in [2.45, 2.75) is 19.1 Å². The van der Waals surface area contributed by atoms with E-state index in [1.165, 1.54) is 23.1 Å². The number of benzene rings is 1. The van der Waals surface area contributed by atoms with Crippen molar-refractivity contribution in [1.29, 1.82) is 0 Å². The molecule has 2 rings (SSSR count). The van der Waals surface area contributed by atoms with Crippen molar-refractivity contribution in [1.82, 2.24) is 4.90 Å². The molecule has 1 aliphatic rings. The van der Waals surface area contributed by atoms with Gasteiger partial charge in [0.05, 0.1) is 12.2 Å². The number of rotatable bonds is 1. The smallest absolute Gasteiger partial charge is 0.254 e. The van der Waals surface area contributed by atoms with Gasteiger partial charge in [0.25, 0.3) is 5.91 Å². The average Bonchev–Trinajstić information content (AvgIpc) is 2.58. The van der Waals surface area contributed by atoms with Gasteiger partial charge in [-0.25, -0.2) is 4.39 Å². The summed E-state index contributed by atoms with van der Waals surface area (Å²) in [7, 11) is 0. The predicted octanol–water partition coefficient (Wildman–Crippen LogP) is 0.312. The summed E-state index contributed by atoms with van der Waals surface area (Å²) in [5.74, 6) is -0.682. The Morgan fingerprint density at radius 2 is 1.94 bits per heavy atom. The fourth-order valence-corrected chi connectivity index (χ4v) is 1.97. The first-order valence-corrected chi connectivity index (χ1v) is 5.40. The van der Waals surface area contributed by atoms with Gasteiger partial charge >= 0.3 is 0 Å². The average molecular weight is 239 g/mol. The maximum absolute atomic E-state index is 12.9. The van der Waals surface area contributed by atoms with Gasteiger partial charge in [0, 0.05) is 18.7 Å². The molecule has 0 spiro atoms. The van der Waals surface area contributed by atoms with Crippen molar-refractivity contribution in [3.05, 3.63) is 35.1 Å². The van der Waals surface area contributed by atoms with E-state index in [9.17, 15) is 19.4 Å². The third-order valence-corrected chi connectivity index (χ3v) is 2.97.